The predicted octanol–water partition coefficient (Wildman–Crippen LogP) is 2.38. The lowest BCUT2D eigenvalue weighted by Crippen LogP contribution is -2.24. The van der Waals surface area contributed by atoms with Crippen LogP contribution < -0.4 is 10.5 Å². The van der Waals surface area contributed by atoms with Crippen molar-refractivity contribution in [3.05, 3.63) is 29.8 Å². The maximum Gasteiger partial charge on any atom is 0.573 e. The summed E-state index contributed by atoms with van der Waals surface area (Å²) in [4.78, 5) is 10.2. The number of alkyl halides is 4. The maximum atomic E-state index is 11.9. The van der Waals surface area contributed by atoms with Crippen LogP contribution in [0.25, 0.3) is 0 Å². The predicted molar refractivity (Wildman–Crippen MR) is 58.7 cm³/mol. The first-order chi connectivity index (χ1) is 7.78. The van der Waals surface area contributed by atoms with Gasteiger partial charge in [-0.3, -0.25) is 4.79 Å². The van der Waals surface area contributed by atoms with Crippen molar-refractivity contribution in [2.75, 3.05) is 0 Å². The smallest absolute Gasteiger partial charge is 0.406 e. The molecule has 17 heavy (non-hydrogen) atoms. The first kappa shape index (κ1) is 13.8. The summed E-state index contributed by atoms with van der Waals surface area (Å²) in [6.07, 6.45) is -4.39. The quantitative estimate of drug-likeness (QED) is 0.868. The number of carbonyl (C=O) groups excluding carboxylic acids is 1. The zero-order chi connectivity index (χ0) is 13.1. The Labute approximate surface area is 104 Å². The Kier molecular flexibility index (Phi) is 4.39. The van der Waals surface area contributed by atoms with E-state index in [0.717, 1.165) is 0 Å². The van der Waals surface area contributed by atoms with Crippen molar-refractivity contribution in [2.45, 2.75) is 17.6 Å². The number of rotatable bonds is 4. The summed E-state index contributed by atoms with van der Waals surface area (Å²) >= 11 is 3.06. The minimum atomic E-state index is -4.70. The van der Waals surface area contributed by atoms with E-state index in [1.165, 1.54) is 24.3 Å². The second-order valence-corrected chi connectivity index (χ2v) is 4.37. The highest BCUT2D eigenvalue weighted by Crippen LogP contribution is 2.23. The molecule has 0 aromatic heterocycles. The molecule has 0 saturated heterocycles. The molecule has 0 aliphatic heterocycles. The van der Waals surface area contributed by atoms with Gasteiger partial charge in [-0.05, 0) is 24.1 Å². The van der Waals surface area contributed by atoms with Crippen LogP contribution in [0.4, 0.5) is 13.2 Å². The maximum absolute atomic E-state index is 11.9. The highest BCUT2D eigenvalue weighted by atomic mass is 79.9. The van der Waals surface area contributed by atoms with E-state index < -0.39 is 17.1 Å². The monoisotopic (exact) mass is 311 g/mol. The second-order valence-electron chi connectivity index (χ2n) is 3.27. The molecule has 1 atom stereocenters. The molecular formula is C10H9BrF3NO2. The van der Waals surface area contributed by atoms with Crippen molar-refractivity contribution >= 4 is 21.8 Å². The third kappa shape index (κ3) is 5.08. The van der Waals surface area contributed by atoms with Crippen molar-refractivity contribution in [1.82, 2.24) is 0 Å². The number of halogens is 4. The van der Waals surface area contributed by atoms with Crippen LogP contribution in [0.2, 0.25) is 0 Å². The molecular weight excluding hydrogens is 303 g/mol. The highest BCUT2D eigenvalue weighted by molar-refractivity contribution is 9.10. The van der Waals surface area contributed by atoms with Crippen molar-refractivity contribution in [1.29, 1.82) is 0 Å². The van der Waals surface area contributed by atoms with Gasteiger partial charge in [0.25, 0.3) is 0 Å². The van der Waals surface area contributed by atoms with E-state index in [1.807, 2.05) is 0 Å². The van der Waals surface area contributed by atoms with Gasteiger partial charge in [-0.1, -0.05) is 28.1 Å². The average Bonchev–Trinajstić information content (AvgIpc) is 2.18. The number of amides is 1. The van der Waals surface area contributed by atoms with E-state index in [1.54, 1.807) is 0 Å². The van der Waals surface area contributed by atoms with Crippen molar-refractivity contribution in [2.24, 2.45) is 5.73 Å². The van der Waals surface area contributed by atoms with E-state index in [9.17, 15) is 18.0 Å². The molecule has 0 radical (unpaired) electrons. The summed E-state index contributed by atoms with van der Waals surface area (Å²) in [6, 6.07) is 5.25. The molecule has 94 valence electrons. The second kappa shape index (κ2) is 5.39. The molecule has 1 aromatic carbocycles. The number of hydrogen-bond donors (Lipinski definition) is 1. The van der Waals surface area contributed by atoms with Crippen molar-refractivity contribution in [3.63, 3.8) is 0 Å². The first-order valence-corrected chi connectivity index (χ1v) is 5.47. The minimum absolute atomic E-state index is 0.300. The van der Waals surface area contributed by atoms with E-state index >= 15 is 0 Å². The van der Waals surface area contributed by atoms with Crippen LogP contribution in [-0.4, -0.2) is 17.1 Å². The van der Waals surface area contributed by atoms with Crippen LogP contribution in [0.15, 0.2) is 24.3 Å². The summed E-state index contributed by atoms with van der Waals surface area (Å²) in [7, 11) is 0. The highest BCUT2D eigenvalue weighted by Gasteiger charge is 2.30. The summed E-state index contributed by atoms with van der Waals surface area (Å²) in [5.74, 6) is -0.827. The van der Waals surface area contributed by atoms with Gasteiger partial charge in [-0.15, -0.1) is 13.2 Å². The van der Waals surface area contributed by atoms with E-state index in [4.69, 9.17) is 5.73 Å². The summed E-state index contributed by atoms with van der Waals surface area (Å²) < 4.78 is 39.3. The van der Waals surface area contributed by atoms with Gasteiger partial charge < -0.3 is 10.5 Å². The van der Waals surface area contributed by atoms with Crippen LogP contribution in [0.3, 0.4) is 0 Å². The first-order valence-electron chi connectivity index (χ1n) is 4.56. The Morgan fingerprint density at radius 2 is 1.88 bits per heavy atom. The Hall–Kier alpha value is -1.24. The molecule has 3 nitrogen and oxygen atoms in total. The number of hydrogen-bond acceptors (Lipinski definition) is 2. The molecule has 1 amide bonds. The third-order valence-electron chi connectivity index (χ3n) is 1.88. The average molecular weight is 312 g/mol. The van der Waals surface area contributed by atoms with Crippen molar-refractivity contribution < 1.29 is 22.7 Å². The molecule has 0 bridgehead atoms. The summed E-state index contributed by atoms with van der Waals surface area (Å²) in [5, 5.41) is 0. The Morgan fingerprint density at radius 1 is 1.35 bits per heavy atom. The molecule has 2 N–H and O–H groups in total. The number of carbonyl (C=O) groups is 1. The molecule has 0 aliphatic rings. The van der Waals surface area contributed by atoms with Crippen molar-refractivity contribution in [3.8, 4) is 5.75 Å². The molecule has 1 aromatic rings. The fraction of sp³-hybridized carbons (Fsp3) is 0.300. The van der Waals surface area contributed by atoms with Gasteiger partial charge in [0, 0.05) is 0 Å². The van der Waals surface area contributed by atoms with E-state index in [2.05, 4.69) is 20.7 Å². The minimum Gasteiger partial charge on any atom is -0.406 e. The molecule has 0 spiro atoms. The summed E-state index contributed by atoms with van der Waals surface area (Å²) in [5.41, 5.74) is 5.72. The zero-order valence-electron chi connectivity index (χ0n) is 8.50. The molecule has 1 unspecified atom stereocenters. The van der Waals surface area contributed by atoms with Gasteiger partial charge >= 0.3 is 6.36 Å². The number of ether oxygens (including phenoxy) is 1. The fourth-order valence-electron chi connectivity index (χ4n) is 1.13. The molecule has 0 saturated carbocycles. The van der Waals surface area contributed by atoms with Gasteiger partial charge in [0.2, 0.25) is 5.91 Å². The topological polar surface area (TPSA) is 52.3 Å². The Bertz CT molecular complexity index is 392. The standard InChI is InChI=1S/C10H9BrF3NO2/c11-8(9(15)16)5-6-1-3-7(4-2-6)17-10(12,13)14/h1-4,8H,5H2,(H2,15,16). The van der Waals surface area contributed by atoms with Gasteiger partial charge in [0.1, 0.15) is 5.75 Å². The van der Waals surface area contributed by atoms with Crippen LogP contribution in [-0.2, 0) is 11.2 Å². The SMILES string of the molecule is NC(=O)C(Br)Cc1ccc(OC(F)(F)F)cc1. The lowest BCUT2D eigenvalue weighted by Gasteiger charge is -2.10. The molecule has 0 aliphatic carbocycles. The number of benzene rings is 1. The Balaban J connectivity index is 2.65. The van der Waals surface area contributed by atoms with Gasteiger partial charge in [-0.2, -0.15) is 0 Å². The summed E-state index contributed by atoms with van der Waals surface area (Å²) in [6.45, 7) is 0. The van der Waals surface area contributed by atoms with Gasteiger partial charge in [0.15, 0.2) is 0 Å². The van der Waals surface area contributed by atoms with E-state index in [-0.39, 0.29) is 5.75 Å². The third-order valence-corrected chi connectivity index (χ3v) is 2.66. The fourth-order valence-corrected chi connectivity index (χ4v) is 1.51. The van der Waals surface area contributed by atoms with Crippen LogP contribution in [0.1, 0.15) is 5.56 Å². The van der Waals surface area contributed by atoms with Crippen LogP contribution >= 0.6 is 15.9 Å². The van der Waals surface area contributed by atoms with Crippen LogP contribution in [0.5, 0.6) is 5.75 Å². The molecule has 0 fully saturated rings. The lowest BCUT2D eigenvalue weighted by atomic mass is 10.1. The van der Waals surface area contributed by atoms with Gasteiger partial charge in [0.05, 0.1) is 4.83 Å². The lowest BCUT2D eigenvalue weighted by molar-refractivity contribution is -0.274. The van der Waals surface area contributed by atoms with Crippen LogP contribution in [0, 0.1) is 0 Å². The molecule has 0 heterocycles. The largest absolute Gasteiger partial charge is 0.573 e. The zero-order valence-corrected chi connectivity index (χ0v) is 10.1. The number of primary amides is 1. The molecule has 1 rings (SSSR count). The number of nitrogens with two attached hydrogens (primary N) is 1. The van der Waals surface area contributed by atoms with Gasteiger partial charge in [-0.25, -0.2) is 0 Å². The van der Waals surface area contributed by atoms with E-state index in [0.29, 0.717) is 12.0 Å². The molecule has 7 heteroatoms. The Morgan fingerprint density at radius 3 is 2.29 bits per heavy atom. The normalized spacial score (nSPS) is 13.2.